The van der Waals surface area contributed by atoms with Crippen LogP contribution in [-0.2, 0) is 12.6 Å². The van der Waals surface area contributed by atoms with Crippen LogP contribution in [0.3, 0.4) is 0 Å². The Bertz CT molecular complexity index is 636. The zero-order valence-corrected chi connectivity index (χ0v) is 12.2. The van der Waals surface area contributed by atoms with Gasteiger partial charge in [-0.15, -0.1) is 0 Å². The number of hydrogen-bond acceptors (Lipinski definition) is 0. The van der Waals surface area contributed by atoms with Gasteiger partial charge in [0.2, 0.25) is 0 Å². The average Bonchev–Trinajstić information content (AvgIpc) is 2.40. The van der Waals surface area contributed by atoms with E-state index in [1.165, 1.54) is 18.2 Å². The minimum atomic E-state index is -4.76. The average molecular weight is 365 g/mol. The fourth-order valence-electron chi connectivity index (χ4n) is 1.93. The number of hydrogen-bond donors (Lipinski definition) is 0. The van der Waals surface area contributed by atoms with Crippen LogP contribution in [0.1, 0.15) is 21.5 Å². The third-order valence-electron chi connectivity index (χ3n) is 3.01. The lowest BCUT2D eigenvalue weighted by Gasteiger charge is -2.14. The van der Waals surface area contributed by atoms with Gasteiger partial charge in [0, 0.05) is 4.83 Å². The van der Waals surface area contributed by atoms with E-state index in [1.54, 1.807) is 12.1 Å². The summed E-state index contributed by atoms with van der Waals surface area (Å²) in [5.74, 6) is -1.75. The third kappa shape index (κ3) is 3.81. The third-order valence-corrected chi connectivity index (χ3v) is 3.87. The van der Waals surface area contributed by atoms with Crippen LogP contribution in [0.25, 0.3) is 0 Å². The smallest absolute Gasteiger partial charge is 0.207 e. The highest BCUT2D eigenvalue weighted by Crippen LogP contribution is 2.35. The Labute approximate surface area is 126 Å². The highest BCUT2D eigenvalue weighted by Gasteiger charge is 2.34. The molecule has 112 valence electrons. The van der Waals surface area contributed by atoms with Crippen molar-refractivity contribution >= 4 is 15.9 Å². The summed E-state index contributed by atoms with van der Waals surface area (Å²) in [4.78, 5) is -0.545. The molecule has 0 aliphatic carbocycles. The Morgan fingerprint density at radius 2 is 1.62 bits per heavy atom. The van der Waals surface area contributed by atoms with E-state index in [4.69, 9.17) is 0 Å². The van der Waals surface area contributed by atoms with Crippen LogP contribution in [0.2, 0.25) is 0 Å². The van der Waals surface area contributed by atoms with Crippen molar-refractivity contribution < 1.29 is 22.0 Å². The van der Waals surface area contributed by atoms with E-state index in [-0.39, 0.29) is 12.0 Å². The molecule has 0 fully saturated rings. The molecule has 0 radical (unpaired) electrons. The van der Waals surface area contributed by atoms with Crippen molar-refractivity contribution in [2.24, 2.45) is 0 Å². The van der Waals surface area contributed by atoms with Crippen molar-refractivity contribution in [1.29, 1.82) is 0 Å². The maximum atomic E-state index is 13.5. The summed E-state index contributed by atoms with van der Waals surface area (Å²) in [6, 6.07) is 8.78. The number of benzene rings is 2. The minimum absolute atomic E-state index is 0.162. The van der Waals surface area contributed by atoms with E-state index in [1.807, 2.05) is 0 Å². The maximum absolute atomic E-state index is 13.5. The fourth-order valence-corrected chi connectivity index (χ4v) is 2.56. The molecule has 0 N–H and O–H groups in total. The predicted molar refractivity (Wildman–Crippen MR) is 73.2 cm³/mol. The summed E-state index contributed by atoms with van der Waals surface area (Å²) in [7, 11) is 0. The normalized spacial score (nSPS) is 13.2. The van der Waals surface area contributed by atoms with E-state index in [2.05, 4.69) is 15.9 Å². The molecule has 1 atom stereocenters. The van der Waals surface area contributed by atoms with E-state index < -0.39 is 28.2 Å². The van der Waals surface area contributed by atoms with Gasteiger partial charge in [0.15, 0.2) is 0 Å². The van der Waals surface area contributed by atoms with Gasteiger partial charge >= 0.3 is 6.18 Å². The second kappa shape index (κ2) is 6.13. The Hall–Kier alpha value is -1.43. The molecule has 2 aromatic rings. The molecule has 2 rings (SSSR count). The van der Waals surface area contributed by atoms with Crippen molar-refractivity contribution in [3.63, 3.8) is 0 Å². The fraction of sp³-hybridized carbons (Fsp3) is 0.200. The molecule has 0 aromatic heterocycles. The highest BCUT2D eigenvalue weighted by molar-refractivity contribution is 9.09. The van der Waals surface area contributed by atoms with Crippen LogP contribution in [-0.4, -0.2) is 0 Å². The molecule has 0 saturated heterocycles. The summed E-state index contributed by atoms with van der Waals surface area (Å²) in [6.45, 7) is 0. The van der Waals surface area contributed by atoms with Crippen LogP contribution >= 0.6 is 15.9 Å². The number of rotatable bonds is 3. The molecule has 0 aliphatic rings. The van der Waals surface area contributed by atoms with Crippen LogP contribution < -0.4 is 0 Å². The molecule has 21 heavy (non-hydrogen) atoms. The van der Waals surface area contributed by atoms with Crippen LogP contribution in [0.4, 0.5) is 22.0 Å². The van der Waals surface area contributed by atoms with Crippen molar-refractivity contribution in [2.75, 3.05) is 0 Å². The zero-order chi connectivity index (χ0) is 15.6. The molecule has 0 spiro atoms. The molecule has 0 bridgehead atoms. The monoisotopic (exact) mass is 364 g/mol. The molecular weight excluding hydrogens is 355 g/mol. The Kier molecular flexibility index (Phi) is 4.66. The summed E-state index contributed by atoms with van der Waals surface area (Å²) in [5.41, 5.74) is -0.706. The van der Waals surface area contributed by atoms with Gasteiger partial charge in [-0.25, -0.2) is 8.78 Å². The molecule has 0 heterocycles. The SMILES string of the molecule is Fc1ccccc1CC(Br)c1ccc(F)c(C(F)(F)F)c1. The Morgan fingerprint density at radius 3 is 2.24 bits per heavy atom. The second-order valence-electron chi connectivity index (χ2n) is 4.50. The van der Waals surface area contributed by atoms with Gasteiger partial charge in [0.25, 0.3) is 0 Å². The summed E-state index contributed by atoms with van der Waals surface area (Å²) >= 11 is 3.23. The molecular formula is C15H10BrF5. The summed E-state index contributed by atoms with van der Waals surface area (Å²) in [6.07, 6.45) is -4.60. The Morgan fingerprint density at radius 1 is 0.952 bits per heavy atom. The predicted octanol–water partition coefficient (Wildman–Crippen LogP) is 5.66. The van der Waals surface area contributed by atoms with Gasteiger partial charge in [-0.1, -0.05) is 40.2 Å². The first-order valence-corrected chi connectivity index (χ1v) is 6.94. The van der Waals surface area contributed by atoms with Crippen molar-refractivity contribution in [3.05, 3.63) is 70.8 Å². The lowest BCUT2D eigenvalue weighted by atomic mass is 10.0. The quantitative estimate of drug-likeness (QED) is 0.486. The zero-order valence-electron chi connectivity index (χ0n) is 10.6. The lowest BCUT2D eigenvalue weighted by molar-refractivity contribution is -0.140. The van der Waals surface area contributed by atoms with Crippen molar-refractivity contribution in [1.82, 2.24) is 0 Å². The maximum Gasteiger partial charge on any atom is 0.419 e. The first-order valence-electron chi connectivity index (χ1n) is 6.03. The summed E-state index contributed by atoms with van der Waals surface area (Å²) in [5, 5.41) is 0. The van der Waals surface area contributed by atoms with Crippen molar-refractivity contribution in [3.8, 4) is 0 Å². The largest absolute Gasteiger partial charge is 0.419 e. The molecule has 2 aromatic carbocycles. The molecule has 1 unspecified atom stereocenters. The Balaban J connectivity index is 2.28. The van der Waals surface area contributed by atoms with Gasteiger partial charge < -0.3 is 0 Å². The summed E-state index contributed by atoms with van der Waals surface area (Å²) < 4.78 is 64.8. The van der Waals surface area contributed by atoms with Crippen molar-refractivity contribution in [2.45, 2.75) is 17.4 Å². The first kappa shape index (κ1) is 15.9. The van der Waals surface area contributed by atoms with Crippen LogP contribution in [0, 0.1) is 11.6 Å². The van der Waals surface area contributed by atoms with Gasteiger partial charge in [0.05, 0.1) is 5.56 Å². The number of halogens is 6. The van der Waals surface area contributed by atoms with Gasteiger partial charge in [-0.05, 0) is 35.7 Å². The highest BCUT2D eigenvalue weighted by atomic mass is 79.9. The molecule has 0 amide bonds. The second-order valence-corrected chi connectivity index (χ2v) is 5.61. The van der Waals surface area contributed by atoms with Crippen LogP contribution in [0.15, 0.2) is 42.5 Å². The standard InChI is InChI=1S/C15H10BrF5/c16-12(8-10-3-1-2-4-13(10)17)9-5-6-14(18)11(7-9)15(19,20)21/h1-7,12H,8H2. The topological polar surface area (TPSA) is 0 Å². The van der Waals surface area contributed by atoms with E-state index in [0.717, 1.165) is 12.1 Å². The van der Waals surface area contributed by atoms with E-state index in [0.29, 0.717) is 5.56 Å². The minimum Gasteiger partial charge on any atom is -0.207 e. The van der Waals surface area contributed by atoms with E-state index in [9.17, 15) is 22.0 Å². The van der Waals surface area contributed by atoms with Gasteiger partial charge in [-0.2, -0.15) is 13.2 Å². The van der Waals surface area contributed by atoms with Gasteiger partial charge in [-0.3, -0.25) is 0 Å². The van der Waals surface area contributed by atoms with Gasteiger partial charge in [0.1, 0.15) is 11.6 Å². The van der Waals surface area contributed by atoms with Crippen LogP contribution in [0.5, 0.6) is 0 Å². The van der Waals surface area contributed by atoms with E-state index >= 15 is 0 Å². The molecule has 0 saturated carbocycles. The number of alkyl halides is 4. The first-order chi connectivity index (χ1) is 9.79. The molecule has 6 heteroatoms. The molecule has 0 aliphatic heterocycles. The molecule has 0 nitrogen and oxygen atoms in total. The lowest BCUT2D eigenvalue weighted by Crippen LogP contribution is -2.09.